The van der Waals surface area contributed by atoms with Gasteiger partial charge in [0.2, 0.25) is 0 Å². The van der Waals surface area contributed by atoms with Crippen molar-refractivity contribution in [3.63, 3.8) is 0 Å². The topological polar surface area (TPSA) is 48.0 Å². The van der Waals surface area contributed by atoms with Gasteiger partial charge in [0.15, 0.2) is 0 Å². The van der Waals surface area contributed by atoms with E-state index in [4.69, 9.17) is 5.73 Å². The summed E-state index contributed by atoms with van der Waals surface area (Å²) in [5.74, 6) is 0. The Morgan fingerprint density at radius 2 is 1.95 bits per heavy atom. The Labute approximate surface area is 130 Å². The van der Waals surface area contributed by atoms with Crippen LogP contribution in [-0.4, -0.2) is 4.57 Å². The smallest absolute Gasteiger partial charge is 0.258 e. The largest absolute Gasteiger partial charge is 0.399 e. The van der Waals surface area contributed by atoms with Gasteiger partial charge in [0.25, 0.3) is 5.56 Å². The van der Waals surface area contributed by atoms with Crippen molar-refractivity contribution in [2.45, 2.75) is 20.8 Å². The van der Waals surface area contributed by atoms with Crippen LogP contribution in [0.25, 0.3) is 23.3 Å². The summed E-state index contributed by atoms with van der Waals surface area (Å²) >= 11 is 0. The molecule has 0 amide bonds. The van der Waals surface area contributed by atoms with Crippen LogP contribution in [0.15, 0.2) is 41.2 Å². The van der Waals surface area contributed by atoms with Gasteiger partial charge in [-0.2, -0.15) is 0 Å². The summed E-state index contributed by atoms with van der Waals surface area (Å²) in [5, 5.41) is 1.87. The highest BCUT2D eigenvalue weighted by molar-refractivity contribution is 5.70. The average Bonchev–Trinajstić information content (AvgIpc) is 2.47. The molecule has 2 N–H and O–H groups in total. The number of nitrogens with zero attached hydrogens (tertiary/aromatic N) is 1. The Morgan fingerprint density at radius 3 is 2.55 bits per heavy atom. The minimum atomic E-state index is -0.0354. The second kappa shape index (κ2) is 6.06. The molecule has 1 aromatic carbocycles. The summed E-state index contributed by atoms with van der Waals surface area (Å²) < 4.78 is 1.67. The fourth-order valence-corrected chi connectivity index (χ4v) is 2.54. The summed E-state index contributed by atoms with van der Waals surface area (Å²) in [6.07, 6.45) is 3.92. The van der Waals surface area contributed by atoms with Gasteiger partial charge in [0.1, 0.15) is 0 Å². The molecule has 1 heterocycles. The Morgan fingerprint density at radius 1 is 1.27 bits per heavy atom. The van der Waals surface area contributed by atoms with Crippen LogP contribution in [0, 0.1) is 6.92 Å². The van der Waals surface area contributed by atoms with Crippen molar-refractivity contribution in [3.05, 3.63) is 62.9 Å². The van der Waals surface area contributed by atoms with Crippen LogP contribution in [0.2, 0.25) is 0 Å². The van der Waals surface area contributed by atoms with Crippen molar-refractivity contribution < 1.29 is 0 Å². The molecule has 0 saturated carbocycles. The van der Waals surface area contributed by atoms with Gasteiger partial charge in [0, 0.05) is 18.3 Å². The molecule has 22 heavy (non-hydrogen) atoms. The van der Waals surface area contributed by atoms with Crippen LogP contribution in [0.4, 0.5) is 5.69 Å². The predicted octanol–water partition coefficient (Wildman–Crippen LogP) is 2.10. The van der Waals surface area contributed by atoms with E-state index in [0.29, 0.717) is 11.3 Å². The minimum Gasteiger partial charge on any atom is -0.399 e. The maximum atomic E-state index is 12.8. The first-order valence-electron chi connectivity index (χ1n) is 7.25. The molecule has 3 heteroatoms. The standard InChI is InChI=1S/C19H22N2O/c1-6-14-10-17(16-11-15(20)8-7-13(16)4)19(22)21(5)18(14)9-12(2)3/h6-11H,2,20H2,1,3-5H3/b14-6?,18-9+. The van der Waals surface area contributed by atoms with Gasteiger partial charge in [-0.3, -0.25) is 4.79 Å². The summed E-state index contributed by atoms with van der Waals surface area (Å²) in [6, 6.07) is 7.57. The number of anilines is 1. The zero-order valence-corrected chi connectivity index (χ0v) is 13.6. The van der Waals surface area contributed by atoms with Crippen molar-refractivity contribution in [1.29, 1.82) is 0 Å². The molecule has 0 aliphatic rings. The number of pyridine rings is 1. The first-order valence-corrected chi connectivity index (χ1v) is 7.25. The number of hydrogen-bond acceptors (Lipinski definition) is 2. The van der Waals surface area contributed by atoms with E-state index < -0.39 is 0 Å². The Kier molecular flexibility index (Phi) is 4.36. The van der Waals surface area contributed by atoms with E-state index in [-0.39, 0.29) is 5.56 Å². The van der Waals surface area contributed by atoms with E-state index >= 15 is 0 Å². The zero-order valence-electron chi connectivity index (χ0n) is 13.6. The SMILES string of the molecule is C=C(C)/C=c1\c(=CC)cc(-c2cc(N)ccc2C)c(=O)n1C. The average molecular weight is 294 g/mol. The van der Waals surface area contributed by atoms with E-state index in [9.17, 15) is 4.79 Å². The monoisotopic (exact) mass is 294 g/mol. The third-order valence-electron chi connectivity index (χ3n) is 3.74. The van der Waals surface area contributed by atoms with Crippen molar-refractivity contribution in [3.8, 4) is 11.1 Å². The van der Waals surface area contributed by atoms with Gasteiger partial charge in [-0.25, -0.2) is 0 Å². The first kappa shape index (κ1) is 15.8. The molecule has 2 aromatic rings. The summed E-state index contributed by atoms with van der Waals surface area (Å²) in [6.45, 7) is 9.77. The quantitative estimate of drug-likeness (QED) is 0.862. The molecule has 0 aliphatic heterocycles. The highest BCUT2D eigenvalue weighted by Crippen LogP contribution is 2.21. The van der Waals surface area contributed by atoms with Gasteiger partial charge < -0.3 is 10.3 Å². The maximum absolute atomic E-state index is 12.8. The van der Waals surface area contributed by atoms with Gasteiger partial charge in [0.05, 0.1) is 5.35 Å². The molecule has 0 aliphatic carbocycles. The molecule has 3 nitrogen and oxygen atoms in total. The minimum absolute atomic E-state index is 0.0354. The van der Waals surface area contributed by atoms with Crippen molar-refractivity contribution in [1.82, 2.24) is 4.57 Å². The molecule has 0 unspecified atom stereocenters. The fourth-order valence-electron chi connectivity index (χ4n) is 2.54. The van der Waals surface area contributed by atoms with Crippen LogP contribution in [0.3, 0.4) is 0 Å². The lowest BCUT2D eigenvalue weighted by Gasteiger charge is -2.10. The molecule has 2 rings (SSSR count). The van der Waals surface area contributed by atoms with E-state index in [1.54, 1.807) is 11.6 Å². The Balaban J connectivity index is 2.93. The Bertz CT molecular complexity index is 918. The van der Waals surface area contributed by atoms with Crippen LogP contribution in [-0.2, 0) is 7.05 Å². The summed E-state index contributed by atoms with van der Waals surface area (Å²) in [7, 11) is 1.79. The molecule has 0 atom stereocenters. The van der Waals surface area contributed by atoms with Gasteiger partial charge >= 0.3 is 0 Å². The number of rotatable bonds is 2. The second-order valence-corrected chi connectivity index (χ2v) is 5.62. The van der Waals surface area contributed by atoms with Crippen molar-refractivity contribution in [2.24, 2.45) is 7.05 Å². The number of allylic oxidation sites excluding steroid dienone is 1. The maximum Gasteiger partial charge on any atom is 0.258 e. The highest BCUT2D eigenvalue weighted by atomic mass is 16.1. The molecule has 0 radical (unpaired) electrons. The highest BCUT2D eigenvalue weighted by Gasteiger charge is 2.09. The third kappa shape index (κ3) is 2.89. The lowest BCUT2D eigenvalue weighted by molar-refractivity contribution is 0.820. The normalized spacial score (nSPS) is 12.7. The zero-order chi connectivity index (χ0) is 16.4. The number of nitrogen functional groups attached to an aromatic ring is 1. The number of aromatic nitrogens is 1. The second-order valence-electron chi connectivity index (χ2n) is 5.62. The number of aryl methyl sites for hydroxylation is 1. The van der Waals surface area contributed by atoms with Crippen molar-refractivity contribution in [2.75, 3.05) is 5.73 Å². The van der Waals surface area contributed by atoms with E-state index in [1.165, 1.54) is 0 Å². The summed E-state index contributed by atoms with van der Waals surface area (Å²) in [4.78, 5) is 12.8. The molecular formula is C19H22N2O. The molecule has 1 aromatic heterocycles. The lowest BCUT2D eigenvalue weighted by Crippen LogP contribution is -2.42. The summed E-state index contributed by atoms with van der Waals surface area (Å²) in [5.41, 5.74) is 9.99. The first-order chi connectivity index (χ1) is 10.3. The van der Waals surface area contributed by atoms with E-state index in [2.05, 4.69) is 6.58 Å². The van der Waals surface area contributed by atoms with Gasteiger partial charge in [-0.05, 0) is 61.4 Å². The molecule has 114 valence electrons. The molecule has 0 bridgehead atoms. The van der Waals surface area contributed by atoms with Crippen molar-refractivity contribution >= 4 is 17.8 Å². The van der Waals surface area contributed by atoms with Gasteiger partial charge in [-0.1, -0.05) is 24.3 Å². The number of nitrogens with two attached hydrogens (primary N) is 1. The molecule has 0 saturated heterocycles. The molecular weight excluding hydrogens is 272 g/mol. The third-order valence-corrected chi connectivity index (χ3v) is 3.74. The molecule has 0 fully saturated rings. The van der Waals surface area contributed by atoms with E-state index in [0.717, 1.165) is 27.3 Å². The van der Waals surface area contributed by atoms with E-state index in [1.807, 2.05) is 57.2 Å². The Hall–Kier alpha value is -2.55. The van der Waals surface area contributed by atoms with Crippen LogP contribution in [0.5, 0.6) is 0 Å². The number of benzene rings is 1. The molecule has 0 spiro atoms. The van der Waals surface area contributed by atoms with Crippen LogP contribution in [0.1, 0.15) is 19.4 Å². The fraction of sp³-hybridized carbons (Fsp3) is 0.211. The predicted molar refractivity (Wildman–Crippen MR) is 94.9 cm³/mol. The lowest BCUT2D eigenvalue weighted by atomic mass is 10.00. The van der Waals surface area contributed by atoms with Crippen LogP contribution < -0.4 is 21.9 Å². The van der Waals surface area contributed by atoms with Gasteiger partial charge in [-0.15, -0.1) is 0 Å². The number of hydrogen-bond donors (Lipinski definition) is 1. The van der Waals surface area contributed by atoms with Crippen LogP contribution >= 0.6 is 0 Å².